The standard InChI is InChI=1S/C18H17N3O3S3/c1-21(27(2,23)24)15-6-4-14(5-7-15)16-12-26-18(19-16)20-17(22)8-3-13-9-10-25-11-13/h3-12H,1-2H3,(H,19,20,22)/b8-3+. The summed E-state index contributed by atoms with van der Waals surface area (Å²) in [5.74, 6) is -0.243. The lowest BCUT2D eigenvalue weighted by Gasteiger charge is -2.16. The van der Waals surface area contributed by atoms with Crippen molar-refractivity contribution in [2.24, 2.45) is 0 Å². The summed E-state index contributed by atoms with van der Waals surface area (Å²) in [7, 11) is -1.79. The van der Waals surface area contributed by atoms with E-state index in [-0.39, 0.29) is 5.91 Å². The molecule has 2 heterocycles. The van der Waals surface area contributed by atoms with Gasteiger partial charge in [-0.05, 0) is 40.6 Å². The van der Waals surface area contributed by atoms with Crippen molar-refractivity contribution < 1.29 is 13.2 Å². The summed E-state index contributed by atoms with van der Waals surface area (Å²) >= 11 is 2.90. The molecule has 0 aliphatic heterocycles. The molecule has 0 radical (unpaired) electrons. The smallest absolute Gasteiger partial charge is 0.250 e. The van der Waals surface area contributed by atoms with Crippen LogP contribution in [0.3, 0.4) is 0 Å². The van der Waals surface area contributed by atoms with Gasteiger partial charge in [-0.3, -0.25) is 14.4 Å². The Balaban J connectivity index is 1.67. The predicted octanol–water partition coefficient (Wildman–Crippen LogP) is 3.92. The molecule has 3 rings (SSSR count). The molecule has 2 aromatic heterocycles. The number of carbonyl (C=O) groups excluding carboxylic acids is 1. The van der Waals surface area contributed by atoms with Crippen molar-refractivity contribution in [2.45, 2.75) is 0 Å². The second kappa shape index (κ2) is 8.03. The highest BCUT2D eigenvalue weighted by Crippen LogP contribution is 2.27. The van der Waals surface area contributed by atoms with Crippen molar-refractivity contribution >= 4 is 55.5 Å². The fourth-order valence-electron chi connectivity index (χ4n) is 2.19. The highest BCUT2D eigenvalue weighted by molar-refractivity contribution is 7.92. The lowest BCUT2D eigenvalue weighted by molar-refractivity contribution is -0.111. The van der Waals surface area contributed by atoms with Crippen LogP contribution in [0.2, 0.25) is 0 Å². The summed E-state index contributed by atoms with van der Waals surface area (Å²) < 4.78 is 24.4. The zero-order valence-corrected chi connectivity index (χ0v) is 17.1. The molecule has 0 saturated heterocycles. The summed E-state index contributed by atoms with van der Waals surface area (Å²) in [4.78, 5) is 16.4. The fraction of sp³-hybridized carbons (Fsp3) is 0.111. The van der Waals surface area contributed by atoms with Gasteiger partial charge < -0.3 is 0 Å². The number of benzene rings is 1. The van der Waals surface area contributed by atoms with E-state index in [9.17, 15) is 13.2 Å². The molecule has 27 heavy (non-hydrogen) atoms. The normalized spacial score (nSPS) is 11.6. The monoisotopic (exact) mass is 419 g/mol. The number of nitrogens with one attached hydrogen (secondary N) is 1. The van der Waals surface area contributed by atoms with Gasteiger partial charge in [0.15, 0.2) is 5.13 Å². The molecule has 0 spiro atoms. The van der Waals surface area contributed by atoms with Gasteiger partial charge in [-0.15, -0.1) is 11.3 Å². The van der Waals surface area contributed by atoms with Crippen molar-refractivity contribution in [2.75, 3.05) is 22.9 Å². The van der Waals surface area contributed by atoms with Crippen molar-refractivity contribution in [1.82, 2.24) is 4.98 Å². The minimum atomic E-state index is -3.30. The van der Waals surface area contributed by atoms with Crippen LogP contribution < -0.4 is 9.62 Å². The second-order valence-electron chi connectivity index (χ2n) is 5.69. The van der Waals surface area contributed by atoms with Crippen LogP contribution in [0.25, 0.3) is 17.3 Å². The molecular formula is C18H17N3O3S3. The largest absolute Gasteiger partial charge is 0.298 e. The van der Waals surface area contributed by atoms with Crippen LogP contribution in [-0.4, -0.2) is 32.6 Å². The maximum Gasteiger partial charge on any atom is 0.250 e. The van der Waals surface area contributed by atoms with E-state index in [1.54, 1.807) is 41.7 Å². The maximum atomic E-state index is 12.0. The Morgan fingerprint density at radius 1 is 1.19 bits per heavy atom. The van der Waals surface area contributed by atoms with E-state index < -0.39 is 10.0 Å². The highest BCUT2D eigenvalue weighted by atomic mass is 32.2. The molecule has 0 bridgehead atoms. The summed E-state index contributed by atoms with van der Waals surface area (Å²) in [5.41, 5.74) is 3.11. The van der Waals surface area contributed by atoms with Crippen molar-refractivity contribution in [1.29, 1.82) is 0 Å². The van der Waals surface area contributed by atoms with Gasteiger partial charge in [-0.25, -0.2) is 13.4 Å². The summed E-state index contributed by atoms with van der Waals surface area (Å²) in [6.07, 6.45) is 4.37. The zero-order valence-electron chi connectivity index (χ0n) is 14.6. The first-order valence-corrected chi connectivity index (χ1v) is 11.5. The van der Waals surface area contributed by atoms with Crippen molar-refractivity contribution in [3.05, 3.63) is 58.1 Å². The van der Waals surface area contributed by atoms with Gasteiger partial charge in [-0.1, -0.05) is 12.1 Å². The van der Waals surface area contributed by atoms with Gasteiger partial charge in [0.2, 0.25) is 15.9 Å². The summed E-state index contributed by atoms with van der Waals surface area (Å²) in [6, 6.07) is 8.97. The molecule has 1 amide bonds. The van der Waals surface area contributed by atoms with Crippen molar-refractivity contribution in [3.8, 4) is 11.3 Å². The molecule has 0 fully saturated rings. The molecule has 140 valence electrons. The molecule has 9 heteroatoms. The Labute approximate surface area is 165 Å². The third kappa shape index (κ3) is 5.03. The minimum Gasteiger partial charge on any atom is -0.298 e. The number of thiophene rings is 1. The van der Waals surface area contributed by atoms with Gasteiger partial charge in [0.05, 0.1) is 17.6 Å². The number of hydrogen-bond acceptors (Lipinski definition) is 6. The average Bonchev–Trinajstić information content (AvgIpc) is 3.30. The number of sulfonamides is 1. The molecule has 1 N–H and O–H groups in total. The molecule has 0 aliphatic carbocycles. The Hall–Kier alpha value is -2.49. The predicted molar refractivity (Wildman–Crippen MR) is 113 cm³/mol. The van der Waals surface area contributed by atoms with E-state index in [4.69, 9.17) is 0 Å². The molecule has 0 aliphatic rings. The highest BCUT2D eigenvalue weighted by Gasteiger charge is 2.12. The third-order valence-corrected chi connectivity index (χ3v) is 6.39. The SMILES string of the molecule is CN(c1ccc(-c2csc(NC(=O)/C=C/c3ccsc3)n2)cc1)S(C)(=O)=O. The topological polar surface area (TPSA) is 79.4 Å². The van der Waals surface area contributed by atoms with Crippen LogP contribution in [0.15, 0.2) is 52.5 Å². The van der Waals surface area contributed by atoms with Gasteiger partial charge in [-0.2, -0.15) is 11.3 Å². The van der Waals surface area contributed by atoms with Gasteiger partial charge in [0.1, 0.15) is 0 Å². The number of amides is 1. The third-order valence-electron chi connectivity index (χ3n) is 3.73. The van der Waals surface area contributed by atoms with Crippen LogP contribution in [-0.2, 0) is 14.8 Å². The van der Waals surface area contributed by atoms with E-state index in [0.717, 1.165) is 17.4 Å². The van der Waals surface area contributed by atoms with Crippen LogP contribution in [0.1, 0.15) is 5.56 Å². The Morgan fingerprint density at radius 3 is 2.56 bits per heavy atom. The van der Waals surface area contributed by atoms with Gasteiger partial charge in [0.25, 0.3) is 0 Å². The first kappa shape index (κ1) is 19.3. The van der Waals surface area contributed by atoms with Crippen LogP contribution in [0.4, 0.5) is 10.8 Å². The molecular weight excluding hydrogens is 402 g/mol. The molecule has 3 aromatic rings. The quantitative estimate of drug-likeness (QED) is 0.614. The zero-order chi connectivity index (χ0) is 19.4. The minimum absolute atomic E-state index is 0.243. The maximum absolute atomic E-state index is 12.0. The first-order valence-electron chi connectivity index (χ1n) is 7.84. The van der Waals surface area contributed by atoms with Gasteiger partial charge >= 0.3 is 0 Å². The van der Waals surface area contributed by atoms with E-state index >= 15 is 0 Å². The molecule has 6 nitrogen and oxygen atoms in total. The number of hydrogen-bond donors (Lipinski definition) is 1. The first-order chi connectivity index (χ1) is 12.8. The van der Waals surface area contributed by atoms with E-state index in [1.165, 1.54) is 28.8 Å². The number of rotatable bonds is 6. The Morgan fingerprint density at radius 2 is 1.93 bits per heavy atom. The fourth-order valence-corrected chi connectivity index (χ4v) is 4.04. The van der Waals surface area contributed by atoms with Crippen LogP contribution in [0.5, 0.6) is 0 Å². The Bertz CT molecular complexity index is 1050. The average molecular weight is 420 g/mol. The van der Waals surface area contributed by atoms with Crippen LogP contribution in [0, 0.1) is 0 Å². The second-order valence-corrected chi connectivity index (χ2v) is 9.35. The number of nitrogens with zero attached hydrogens (tertiary/aromatic N) is 2. The number of anilines is 2. The number of thiazole rings is 1. The Kier molecular flexibility index (Phi) is 5.73. The van der Waals surface area contributed by atoms with Crippen LogP contribution >= 0.6 is 22.7 Å². The molecule has 1 aromatic carbocycles. The number of carbonyl (C=O) groups is 1. The van der Waals surface area contributed by atoms with E-state index in [1.807, 2.05) is 22.2 Å². The van der Waals surface area contributed by atoms with E-state index in [0.29, 0.717) is 16.5 Å². The van der Waals surface area contributed by atoms with Gasteiger partial charge in [0, 0.05) is 24.1 Å². The summed E-state index contributed by atoms with van der Waals surface area (Å²) in [5, 5.41) is 8.99. The van der Waals surface area contributed by atoms with Crippen molar-refractivity contribution in [3.63, 3.8) is 0 Å². The lowest BCUT2D eigenvalue weighted by atomic mass is 10.1. The number of aromatic nitrogens is 1. The molecule has 0 atom stereocenters. The molecule has 0 saturated carbocycles. The van der Waals surface area contributed by atoms with E-state index in [2.05, 4.69) is 10.3 Å². The molecule has 0 unspecified atom stereocenters. The lowest BCUT2D eigenvalue weighted by Crippen LogP contribution is -2.24. The summed E-state index contributed by atoms with van der Waals surface area (Å²) in [6.45, 7) is 0.